The minimum atomic E-state index is -0.594. The molecule has 0 aliphatic heterocycles. The molecule has 0 saturated carbocycles. The van der Waals surface area contributed by atoms with Crippen LogP contribution < -0.4 is 16.7 Å². The summed E-state index contributed by atoms with van der Waals surface area (Å²) in [6.07, 6.45) is 4.59. The summed E-state index contributed by atoms with van der Waals surface area (Å²) in [5.74, 6) is -0.959. The first-order chi connectivity index (χ1) is 12.4. The number of nitrogens with zero attached hydrogens (tertiary/aromatic N) is 3. The lowest BCUT2D eigenvalue weighted by Crippen LogP contribution is -2.22. The molecule has 1 aromatic carbocycles. The molecule has 0 aliphatic carbocycles. The average Bonchev–Trinajstić information content (AvgIpc) is 3.00. The second kappa shape index (κ2) is 7.06. The van der Waals surface area contributed by atoms with E-state index in [9.17, 15) is 14.4 Å². The number of nitrogens with two attached hydrogens (primary N) is 1. The van der Waals surface area contributed by atoms with E-state index in [1.165, 1.54) is 27.6 Å². The number of amides is 2. The molecule has 0 atom stereocenters. The second-order valence-electron chi connectivity index (χ2n) is 5.77. The molecular weight excluding hydrogens is 334 g/mol. The van der Waals surface area contributed by atoms with E-state index in [1.807, 2.05) is 6.07 Å². The lowest BCUT2D eigenvalue weighted by Gasteiger charge is -2.09. The van der Waals surface area contributed by atoms with Crippen molar-refractivity contribution in [2.45, 2.75) is 6.54 Å². The quantitative estimate of drug-likeness (QED) is 0.713. The number of carbonyl (C=O) groups is 2. The Morgan fingerprint density at radius 3 is 2.73 bits per heavy atom. The molecule has 0 fully saturated rings. The van der Waals surface area contributed by atoms with E-state index in [-0.39, 0.29) is 17.2 Å². The first kappa shape index (κ1) is 17.2. The third kappa shape index (κ3) is 3.69. The summed E-state index contributed by atoms with van der Waals surface area (Å²) in [6.45, 7) is 0.340. The molecule has 8 heteroatoms. The van der Waals surface area contributed by atoms with Crippen molar-refractivity contribution in [2.75, 3.05) is 5.32 Å². The fourth-order valence-electron chi connectivity index (χ4n) is 2.57. The number of nitrogens with one attached hydrogen (secondary N) is 1. The van der Waals surface area contributed by atoms with Crippen LogP contribution in [-0.4, -0.2) is 25.9 Å². The molecule has 26 heavy (non-hydrogen) atoms. The normalized spacial score (nSPS) is 10.5. The highest BCUT2D eigenvalue weighted by Gasteiger charge is 2.14. The molecule has 0 aliphatic rings. The Hall–Kier alpha value is -3.68. The van der Waals surface area contributed by atoms with Crippen LogP contribution >= 0.6 is 0 Å². The predicted molar refractivity (Wildman–Crippen MR) is 95.9 cm³/mol. The van der Waals surface area contributed by atoms with Crippen LogP contribution in [0, 0.1) is 0 Å². The van der Waals surface area contributed by atoms with Gasteiger partial charge < -0.3 is 15.6 Å². The average molecular weight is 351 g/mol. The van der Waals surface area contributed by atoms with Crippen molar-refractivity contribution in [3.63, 3.8) is 0 Å². The summed E-state index contributed by atoms with van der Waals surface area (Å²) < 4.78 is 3.01. The number of carbonyl (C=O) groups excluding carboxylic acids is 2. The molecule has 3 aromatic rings. The highest BCUT2D eigenvalue weighted by molar-refractivity contribution is 6.05. The molecule has 0 saturated heterocycles. The van der Waals surface area contributed by atoms with Gasteiger partial charge in [0.1, 0.15) is 5.69 Å². The molecule has 0 bridgehead atoms. The molecular formula is C18H17N5O3. The van der Waals surface area contributed by atoms with Crippen molar-refractivity contribution >= 4 is 17.5 Å². The van der Waals surface area contributed by atoms with Crippen LogP contribution in [-0.2, 0) is 13.6 Å². The monoisotopic (exact) mass is 351 g/mol. The third-order valence-electron chi connectivity index (χ3n) is 3.84. The Balaban J connectivity index is 1.78. The lowest BCUT2D eigenvalue weighted by atomic mass is 10.2. The standard InChI is InChI=1S/C18H17N5O3/c1-22-11-13(16(19)24)9-15(22)17(25)21-14-5-2-4-12(8-14)10-23-7-3-6-20-18(23)26/h2-9,11H,10H2,1H3,(H2,19,24)(H,21,25). The first-order valence-electron chi connectivity index (χ1n) is 7.82. The summed E-state index contributed by atoms with van der Waals surface area (Å²) in [7, 11) is 1.66. The molecule has 2 amide bonds. The number of rotatable bonds is 5. The van der Waals surface area contributed by atoms with E-state index in [4.69, 9.17) is 5.73 Å². The van der Waals surface area contributed by atoms with Gasteiger partial charge in [-0.15, -0.1) is 0 Å². The molecule has 2 aromatic heterocycles. The fourth-order valence-corrected chi connectivity index (χ4v) is 2.57. The van der Waals surface area contributed by atoms with Crippen LogP contribution in [0.15, 0.2) is 59.8 Å². The first-order valence-corrected chi connectivity index (χ1v) is 7.82. The van der Waals surface area contributed by atoms with Gasteiger partial charge in [-0.2, -0.15) is 0 Å². The number of benzene rings is 1. The Morgan fingerprint density at radius 1 is 1.23 bits per heavy atom. The molecule has 2 heterocycles. The Labute approximate surface area is 148 Å². The molecule has 0 unspecified atom stereocenters. The maximum Gasteiger partial charge on any atom is 0.347 e. The van der Waals surface area contributed by atoms with E-state index in [0.29, 0.717) is 17.9 Å². The van der Waals surface area contributed by atoms with Gasteiger partial charge in [0.2, 0.25) is 5.91 Å². The summed E-state index contributed by atoms with van der Waals surface area (Å²) in [5.41, 5.74) is 6.88. The van der Waals surface area contributed by atoms with Crippen molar-refractivity contribution in [3.05, 3.63) is 82.3 Å². The fraction of sp³-hybridized carbons (Fsp3) is 0.111. The van der Waals surface area contributed by atoms with Crippen molar-refractivity contribution in [2.24, 2.45) is 12.8 Å². The third-order valence-corrected chi connectivity index (χ3v) is 3.84. The number of hydrogen-bond donors (Lipinski definition) is 2. The van der Waals surface area contributed by atoms with Crippen molar-refractivity contribution in [1.29, 1.82) is 0 Å². The smallest absolute Gasteiger partial charge is 0.347 e. The Bertz CT molecular complexity index is 1040. The van der Waals surface area contributed by atoms with Crippen LogP contribution in [0.5, 0.6) is 0 Å². The minimum absolute atomic E-state index is 0.266. The van der Waals surface area contributed by atoms with Gasteiger partial charge in [0.15, 0.2) is 0 Å². The van der Waals surface area contributed by atoms with Crippen LogP contribution in [0.1, 0.15) is 26.4 Å². The molecule has 132 valence electrons. The number of hydrogen-bond acceptors (Lipinski definition) is 4. The van der Waals surface area contributed by atoms with E-state index in [0.717, 1.165) is 5.56 Å². The Kier molecular flexibility index (Phi) is 4.66. The second-order valence-corrected chi connectivity index (χ2v) is 5.77. The number of anilines is 1. The van der Waals surface area contributed by atoms with Crippen LogP contribution in [0.2, 0.25) is 0 Å². The van der Waals surface area contributed by atoms with Gasteiger partial charge in [0, 0.05) is 31.3 Å². The Morgan fingerprint density at radius 2 is 2.04 bits per heavy atom. The summed E-state index contributed by atoms with van der Waals surface area (Å²) in [5, 5.41) is 2.78. The topological polar surface area (TPSA) is 112 Å². The van der Waals surface area contributed by atoms with Crippen LogP contribution in [0.4, 0.5) is 5.69 Å². The summed E-state index contributed by atoms with van der Waals surface area (Å²) in [4.78, 5) is 39.1. The largest absolute Gasteiger partial charge is 0.366 e. The number of primary amides is 1. The lowest BCUT2D eigenvalue weighted by molar-refractivity contribution is 0.0998. The zero-order chi connectivity index (χ0) is 18.7. The van der Waals surface area contributed by atoms with Crippen LogP contribution in [0.25, 0.3) is 0 Å². The maximum atomic E-state index is 12.4. The van der Waals surface area contributed by atoms with Gasteiger partial charge in [-0.05, 0) is 29.8 Å². The van der Waals surface area contributed by atoms with Crippen molar-refractivity contribution < 1.29 is 9.59 Å². The van der Waals surface area contributed by atoms with Crippen LogP contribution in [0.3, 0.4) is 0 Å². The van der Waals surface area contributed by atoms with Gasteiger partial charge >= 0.3 is 5.69 Å². The molecule has 0 radical (unpaired) electrons. The molecule has 0 spiro atoms. The van der Waals surface area contributed by atoms with E-state index in [1.54, 1.807) is 37.5 Å². The van der Waals surface area contributed by atoms with Crippen molar-refractivity contribution in [3.8, 4) is 0 Å². The zero-order valence-electron chi connectivity index (χ0n) is 14.0. The predicted octanol–water partition coefficient (Wildman–Crippen LogP) is 0.981. The van der Waals surface area contributed by atoms with Gasteiger partial charge in [-0.1, -0.05) is 12.1 Å². The zero-order valence-corrected chi connectivity index (χ0v) is 14.0. The molecule has 3 rings (SSSR count). The highest BCUT2D eigenvalue weighted by atomic mass is 16.2. The van der Waals surface area contributed by atoms with E-state index in [2.05, 4.69) is 10.3 Å². The maximum absolute atomic E-state index is 12.4. The SMILES string of the molecule is Cn1cc(C(N)=O)cc1C(=O)Nc1cccc(Cn2cccnc2=O)c1. The van der Waals surface area contributed by atoms with E-state index < -0.39 is 5.91 Å². The van der Waals surface area contributed by atoms with Gasteiger partial charge in [-0.25, -0.2) is 9.78 Å². The summed E-state index contributed by atoms with van der Waals surface area (Å²) >= 11 is 0. The van der Waals surface area contributed by atoms with Gasteiger partial charge in [-0.3, -0.25) is 14.2 Å². The van der Waals surface area contributed by atoms with Gasteiger partial charge in [0.25, 0.3) is 5.91 Å². The molecule has 3 N–H and O–H groups in total. The molecule has 8 nitrogen and oxygen atoms in total. The number of aryl methyl sites for hydroxylation is 1. The highest BCUT2D eigenvalue weighted by Crippen LogP contribution is 2.14. The summed E-state index contributed by atoms with van der Waals surface area (Å²) in [6, 6.07) is 10.3. The van der Waals surface area contributed by atoms with Crippen molar-refractivity contribution in [1.82, 2.24) is 14.1 Å². The van der Waals surface area contributed by atoms with Gasteiger partial charge in [0.05, 0.1) is 12.1 Å². The number of aromatic nitrogens is 3. The minimum Gasteiger partial charge on any atom is -0.366 e. The van der Waals surface area contributed by atoms with E-state index >= 15 is 0 Å².